The fraction of sp³-hybridized carbons (Fsp3) is 0.643. The van der Waals surface area contributed by atoms with Crippen LogP contribution in [0.25, 0.3) is 0 Å². The molecule has 0 radical (unpaired) electrons. The lowest BCUT2D eigenvalue weighted by Crippen LogP contribution is -2.17. The van der Waals surface area contributed by atoms with E-state index in [-0.39, 0.29) is 6.04 Å². The smallest absolute Gasteiger partial charge is 0.137 e. The van der Waals surface area contributed by atoms with Gasteiger partial charge in [0.05, 0.1) is 13.3 Å². The summed E-state index contributed by atoms with van der Waals surface area (Å²) in [7, 11) is 1.66. The number of hydrogen-bond acceptors (Lipinski definition) is 3. The molecular weight excluding hydrogens is 212 g/mol. The van der Waals surface area contributed by atoms with Gasteiger partial charge in [-0.05, 0) is 24.0 Å². The van der Waals surface area contributed by atoms with E-state index in [4.69, 9.17) is 10.5 Å². The van der Waals surface area contributed by atoms with E-state index >= 15 is 0 Å². The molecule has 0 aliphatic heterocycles. The van der Waals surface area contributed by atoms with E-state index in [1.807, 2.05) is 12.3 Å². The third kappa shape index (κ3) is 3.43. The molecule has 2 N–H and O–H groups in total. The maximum Gasteiger partial charge on any atom is 0.137 e. The molecule has 1 fully saturated rings. The van der Waals surface area contributed by atoms with Crippen LogP contribution in [0.3, 0.4) is 0 Å². The van der Waals surface area contributed by atoms with Crippen LogP contribution in [0, 0.1) is 5.92 Å². The zero-order valence-corrected chi connectivity index (χ0v) is 10.6. The molecular formula is C14H22N2O. The summed E-state index contributed by atoms with van der Waals surface area (Å²) < 4.78 is 5.18. The monoisotopic (exact) mass is 234 g/mol. The molecule has 1 aliphatic carbocycles. The molecule has 1 unspecified atom stereocenters. The van der Waals surface area contributed by atoms with Crippen molar-refractivity contribution >= 4 is 0 Å². The molecule has 1 atom stereocenters. The second kappa shape index (κ2) is 6.01. The van der Waals surface area contributed by atoms with E-state index in [1.54, 1.807) is 13.3 Å². The van der Waals surface area contributed by atoms with Crippen molar-refractivity contribution in [1.29, 1.82) is 0 Å². The van der Waals surface area contributed by atoms with Crippen LogP contribution in [0.5, 0.6) is 5.75 Å². The average Bonchev–Trinajstić information content (AvgIpc) is 2.40. The van der Waals surface area contributed by atoms with Crippen molar-refractivity contribution in [2.75, 3.05) is 7.11 Å². The summed E-state index contributed by atoms with van der Waals surface area (Å²) >= 11 is 0. The highest BCUT2D eigenvalue weighted by Gasteiger charge is 2.18. The first kappa shape index (κ1) is 12.4. The van der Waals surface area contributed by atoms with E-state index in [0.29, 0.717) is 0 Å². The summed E-state index contributed by atoms with van der Waals surface area (Å²) in [4.78, 5) is 4.16. The van der Waals surface area contributed by atoms with Gasteiger partial charge in [-0.3, -0.25) is 4.98 Å². The van der Waals surface area contributed by atoms with Crippen molar-refractivity contribution in [2.45, 2.75) is 44.6 Å². The number of ether oxygens (including phenoxy) is 1. The lowest BCUT2D eigenvalue weighted by molar-refractivity contribution is 0.318. The van der Waals surface area contributed by atoms with Gasteiger partial charge in [-0.2, -0.15) is 0 Å². The zero-order chi connectivity index (χ0) is 12.1. The Kier molecular flexibility index (Phi) is 4.37. The molecule has 1 saturated carbocycles. The van der Waals surface area contributed by atoms with E-state index in [0.717, 1.165) is 23.7 Å². The lowest BCUT2D eigenvalue weighted by atomic mass is 9.84. The van der Waals surface area contributed by atoms with Crippen molar-refractivity contribution in [3.05, 3.63) is 24.0 Å². The van der Waals surface area contributed by atoms with Crippen molar-refractivity contribution < 1.29 is 4.74 Å². The topological polar surface area (TPSA) is 48.1 Å². The van der Waals surface area contributed by atoms with Crippen LogP contribution in [0.15, 0.2) is 18.5 Å². The van der Waals surface area contributed by atoms with Crippen LogP contribution in [0.1, 0.15) is 50.1 Å². The lowest BCUT2D eigenvalue weighted by Gasteiger charge is -2.24. The van der Waals surface area contributed by atoms with Crippen LogP contribution < -0.4 is 10.5 Å². The molecule has 3 nitrogen and oxygen atoms in total. The van der Waals surface area contributed by atoms with Crippen LogP contribution in [0.2, 0.25) is 0 Å². The molecule has 1 heterocycles. The fourth-order valence-corrected chi connectivity index (χ4v) is 2.67. The third-order valence-electron chi connectivity index (χ3n) is 3.71. The fourth-order valence-electron chi connectivity index (χ4n) is 2.67. The molecule has 0 saturated heterocycles. The zero-order valence-electron chi connectivity index (χ0n) is 10.6. The minimum atomic E-state index is 0.0979. The summed E-state index contributed by atoms with van der Waals surface area (Å²) in [6, 6.07) is 2.10. The molecule has 3 heteroatoms. The van der Waals surface area contributed by atoms with E-state index in [1.165, 1.54) is 32.1 Å². The largest absolute Gasteiger partial charge is 0.495 e. The number of aromatic nitrogens is 1. The van der Waals surface area contributed by atoms with Gasteiger partial charge in [-0.15, -0.1) is 0 Å². The van der Waals surface area contributed by atoms with Gasteiger partial charge in [0.15, 0.2) is 0 Å². The number of pyridine rings is 1. The number of rotatable bonds is 4. The summed E-state index contributed by atoms with van der Waals surface area (Å²) in [6.07, 6.45) is 11.5. The minimum absolute atomic E-state index is 0.0979. The van der Waals surface area contributed by atoms with Crippen LogP contribution in [-0.4, -0.2) is 12.1 Å². The Morgan fingerprint density at radius 1 is 1.35 bits per heavy atom. The number of hydrogen-bond donors (Lipinski definition) is 1. The quantitative estimate of drug-likeness (QED) is 0.871. The number of nitrogens with zero attached hydrogens (tertiary/aromatic N) is 1. The normalized spacial score (nSPS) is 18.9. The van der Waals surface area contributed by atoms with Crippen molar-refractivity contribution in [1.82, 2.24) is 4.98 Å². The Balaban J connectivity index is 1.95. The summed E-state index contributed by atoms with van der Waals surface area (Å²) in [5.74, 6) is 1.59. The van der Waals surface area contributed by atoms with E-state index in [9.17, 15) is 0 Å². The molecule has 0 aromatic carbocycles. The van der Waals surface area contributed by atoms with E-state index in [2.05, 4.69) is 4.98 Å². The van der Waals surface area contributed by atoms with Gasteiger partial charge in [0.2, 0.25) is 0 Å². The second-order valence-corrected chi connectivity index (χ2v) is 5.00. The highest BCUT2D eigenvalue weighted by atomic mass is 16.5. The predicted octanol–water partition coefficient (Wildman–Crippen LogP) is 3.06. The van der Waals surface area contributed by atoms with Crippen LogP contribution in [0.4, 0.5) is 0 Å². The first-order chi connectivity index (χ1) is 8.29. The third-order valence-corrected chi connectivity index (χ3v) is 3.71. The summed E-state index contributed by atoms with van der Waals surface area (Å²) in [5.41, 5.74) is 7.35. The average molecular weight is 234 g/mol. The highest BCUT2D eigenvalue weighted by Crippen LogP contribution is 2.31. The number of nitrogens with two attached hydrogens (primary N) is 1. The minimum Gasteiger partial charge on any atom is -0.495 e. The molecule has 0 spiro atoms. The van der Waals surface area contributed by atoms with Gasteiger partial charge in [-0.25, -0.2) is 0 Å². The molecule has 0 amide bonds. The molecule has 17 heavy (non-hydrogen) atoms. The Morgan fingerprint density at radius 3 is 2.82 bits per heavy atom. The molecule has 0 bridgehead atoms. The summed E-state index contributed by atoms with van der Waals surface area (Å²) in [5, 5.41) is 0. The summed E-state index contributed by atoms with van der Waals surface area (Å²) in [6.45, 7) is 0. The van der Waals surface area contributed by atoms with E-state index < -0.39 is 0 Å². The van der Waals surface area contributed by atoms with Crippen molar-refractivity contribution in [3.8, 4) is 5.75 Å². The van der Waals surface area contributed by atoms with Crippen molar-refractivity contribution in [2.24, 2.45) is 11.7 Å². The van der Waals surface area contributed by atoms with Crippen LogP contribution in [-0.2, 0) is 0 Å². The number of methoxy groups -OCH3 is 1. The molecule has 2 rings (SSSR count). The Labute approximate surface area is 103 Å². The Bertz CT molecular complexity index is 348. The van der Waals surface area contributed by atoms with Crippen molar-refractivity contribution in [3.63, 3.8) is 0 Å². The second-order valence-electron chi connectivity index (χ2n) is 5.00. The SMILES string of the molecule is COc1cncc(C(N)CC2CCCCC2)c1. The molecule has 1 aliphatic rings. The maximum absolute atomic E-state index is 6.25. The Morgan fingerprint density at radius 2 is 2.12 bits per heavy atom. The van der Waals surface area contributed by atoms with Gasteiger partial charge in [0.25, 0.3) is 0 Å². The highest BCUT2D eigenvalue weighted by molar-refractivity contribution is 5.25. The van der Waals surface area contributed by atoms with Gasteiger partial charge in [-0.1, -0.05) is 32.1 Å². The predicted molar refractivity (Wildman–Crippen MR) is 68.9 cm³/mol. The van der Waals surface area contributed by atoms with Gasteiger partial charge < -0.3 is 10.5 Å². The van der Waals surface area contributed by atoms with Crippen LogP contribution >= 0.6 is 0 Å². The first-order valence-corrected chi connectivity index (χ1v) is 6.54. The standard InChI is InChI=1S/C14H22N2O/c1-17-13-8-12(9-16-10-13)14(15)7-11-5-3-2-4-6-11/h8-11,14H,2-7,15H2,1H3. The van der Waals surface area contributed by atoms with Gasteiger partial charge in [0.1, 0.15) is 5.75 Å². The Hall–Kier alpha value is -1.09. The van der Waals surface area contributed by atoms with Gasteiger partial charge in [0, 0.05) is 12.2 Å². The molecule has 94 valence electrons. The molecule has 1 aromatic heterocycles. The molecule has 1 aromatic rings. The maximum atomic E-state index is 6.25. The van der Waals surface area contributed by atoms with Gasteiger partial charge >= 0.3 is 0 Å². The first-order valence-electron chi connectivity index (χ1n) is 6.54.